The maximum atomic E-state index is 6.21. The van der Waals surface area contributed by atoms with Gasteiger partial charge in [0, 0.05) is 0 Å². The Morgan fingerprint density at radius 3 is 2.00 bits per heavy atom. The number of rotatable bonds is 3. The van der Waals surface area contributed by atoms with E-state index >= 15 is 0 Å². The van der Waals surface area contributed by atoms with E-state index in [1.165, 1.54) is 50.4 Å². The average Bonchev–Trinajstić information content (AvgIpc) is 2.39. The quantitative estimate of drug-likeness (QED) is 0.738. The van der Waals surface area contributed by atoms with Gasteiger partial charge in [0.2, 0.25) is 0 Å². The largest absolute Gasteiger partial charge is 1.00 e. The smallest absolute Gasteiger partial charge is 0.592 e. The molecule has 0 radical (unpaired) electrons. The molecule has 0 aliphatic carbocycles. The second-order valence-corrected chi connectivity index (χ2v) is 6.41. The third-order valence-corrected chi connectivity index (χ3v) is 5.73. The van der Waals surface area contributed by atoms with E-state index in [2.05, 4.69) is 30.3 Å². The van der Waals surface area contributed by atoms with E-state index in [0.29, 0.717) is 0 Å². The molecule has 0 N–H and O–H groups in total. The molecule has 0 atom stereocenters. The van der Waals surface area contributed by atoms with Gasteiger partial charge in [-0.2, -0.15) is 0 Å². The molecule has 2 fully saturated rings. The minimum atomic E-state index is -0.619. The summed E-state index contributed by atoms with van der Waals surface area (Å²) in [4.78, 5) is 0. The van der Waals surface area contributed by atoms with Crippen LogP contribution >= 0.6 is 0 Å². The maximum Gasteiger partial charge on any atom is 1.00 e. The van der Waals surface area contributed by atoms with Gasteiger partial charge in [0.1, 0.15) is 6.35 Å². The molecule has 2 aliphatic rings. The molecule has 1 nitrogen and oxygen atoms in total. The van der Waals surface area contributed by atoms with Crippen LogP contribution in [0.5, 0.6) is 0 Å². The second-order valence-electron chi connectivity index (χ2n) is 6.41. The summed E-state index contributed by atoms with van der Waals surface area (Å²) >= 11 is 0. The molecule has 2 heterocycles. The third kappa shape index (κ3) is 2.82. The van der Waals surface area contributed by atoms with E-state index in [1.807, 2.05) is 7.11 Å². The molecule has 0 unspecified atom stereocenters. The van der Waals surface area contributed by atoms with Crippen LogP contribution < -0.4 is 18.9 Å². The molecule has 0 amide bonds. The first-order valence-corrected chi connectivity index (χ1v) is 7.62. The van der Waals surface area contributed by atoms with Crippen molar-refractivity contribution in [3.63, 3.8) is 0 Å². The molecule has 0 spiro atoms. The fraction of sp³-hybridized carbons (Fsp3) is 0.625. The summed E-state index contributed by atoms with van der Waals surface area (Å²) in [6.45, 7) is 0. The second kappa shape index (κ2) is 6.53. The molecule has 19 heavy (non-hydrogen) atoms. The predicted octanol–water partition coefficient (Wildman–Crippen LogP) is 1.47. The average molecular weight is 250 g/mol. The van der Waals surface area contributed by atoms with E-state index in [1.54, 1.807) is 0 Å². The Morgan fingerprint density at radius 1 is 1.00 bits per heavy atom. The van der Waals surface area contributed by atoms with Crippen molar-refractivity contribution >= 4 is 6.35 Å². The van der Waals surface area contributed by atoms with Crippen molar-refractivity contribution in [2.24, 2.45) is 0 Å². The Bertz CT molecular complexity index is 373. The predicted molar refractivity (Wildman–Crippen MR) is 78.1 cm³/mol. The summed E-state index contributed by atoms with van der Waals surface area (Å²) in [5, 5.41) is 0. The fourth-order valence-electron chi connectivity index (χ4n) is 4.87. The Hall–Kier alpha value is -0.158. The summed E-state index contributed by atoms with van der Waals surface area (Å²) < 4.78 is 6.21. The van der Waals surface area contributed by atoms with Gasteiger partial charge in [0.05, 0.1) is 0 Å². The van der Waals surface area contributed by atoms with Gasteiger partial charge in [-0.15, -0.1) is 18.0 Å². The van der Waals surface area contributed by atoms with Crippen LogP contribution in [0.3, 0.4) is 0 Å². The molecule has 1 aromatic carbocycles. The first-order valence-electron chi connectivity index (χ1n) is 7.62. The zero-order valence-corrected chi connectivity index (χ0v) is 12.5. The van der Waals surface area contributed by atoms with Gasteiger partial charge in [-0.05, 0) is 7.11 Å². The molecule has 2 bridgehead atoms. The van der Waals surface area contributed by atoms with Crippen LogP contribution in [0.2, 0.25) is 11.6 Å². The summed E-state index contributed by atoms with van der Waals surface area (Å²) in [7, 11) is 1.97. The van der Waals surface area contributed by atoms with Gasteiger partial charge in [0.15, 0.2) is 0 Å². The van der Waals surface area contributed by atoms with E-state index in [4.69, 9.17) is 4.65 Å². The van der Waals surface area contributed by atoms with Gasteiger partial charge in [-0.1, -0.05) is 74.4 Å². The first-order chi connectivity index (χ1) is 8.85. The van der Waals surface area contributed by atoms with Crippen LogP contribution in [0, 0.1) is 0 Å². The minimum absolute atomic E-state index is 0. The molecule has 2 saturated heterocycles. The third-order valence-electron chi connectivity index (χ3n) is 5.73. The minimum Gasteiger partial charge on any atom is -0.592 e. The number of fused-ring (bicyclic) bond motifs is 2. The van der Waals surface area contributed by atoms with Crippen LogP contribution in [0.4, 0.5) is 0 Å². The van der Waals surface area contributed by atoms with E-state index < -0.39 is 6.35 Å². The van der Waals surface area contributed by atoms with Crippen LogP contribution in [0.25, 0.3) is 0 Å². The normalized spacial score (nSPS) is 33.5. The molecule has 0 aromatic heterocycles. The molecule has 1 aromatic rings. The van der Waals surface area contributed by atoms with Gasteiger partial charge in [0.25, 0.3) is 0 Å². The van der Waals surface area contributed by atoms with Crippen molar-refractivity contribution in [3.8, 4) is 0 Å². The van der Waals surface area contributed by atoms with E-state index in [0.717, 1.165) is 11.6 Å². The standard InChI is InChI=1S/C16H24BO.Li/c1-18-17(13-14-7-3-2-4-8-14)15-9-5-10-16(17)12-6-11-15;/h2-4,7-8,15-16H,5-6,9-13H2,1H3;/q-1;+1. The van der Waals surface area contributed by atoms with E-state index in [-0.39, 0.29) is 18.9 Å². The summed E-state index contributed by atoms with van der Waals surface area (Å²) in [6, 6.07) is 11.0. The molecular formula is C16H24BLiO. The topological polar surface area (TPSA) is 9.23 Å². The van der Waals surface area contributed by atoms with Gasteiger partial charge in [-0.25, -0.2) is 0 Å². The Kier molecular flexibility index (Phi) is 5.24. The molecule has 3 rings (SSSR count). The summed E-state index contributed by atoms with van der Waals surface area (Å²) in [5.41, 5.74) is 1.47. The number of hydrogen-bond acceptors (Lipinski definition) is 1. The number of benzene rings is 1. The van der Waals surface area contributed by atoms with Gasteiger partial charge < -0.3 is 4.65 Å². The summed E-state index contributed by atoms with van der Waals surface area (Å²) in [6.07, 6.45) is 9.01. The van der Waals surface area contributed by atoms with E-state index in [9.17, 15) is 0 Å². The first kappa shape index (κ1) is 15.2. The summed E-state index contributed by atoms with van der Waals surface area (Å²) in [5.74, 6) is 1.70. The SMILES string of the molecule is CO[B-]1(Cc2ccccc2)C2CCCC1CCC2.[Li+]. The van der Waals surface area contributed by atoms with Crippen molar-refractivity contribution < 1.29 is 23.5 Å². The van der Waals surface area contributed by atoms with Crippen LogP contribution in [0.1, 0.15) is 44.1 Å². The number of hydrogen-bond donors (Lipinski definition) is 0. The zero-order valence-electron chi connectivity index (χ0n) is 12.5. The molecule has 0 saturated carbocycles. The zero-order chi connectivity index (χ0) is 12.4. The fourth-order valence-corrected chi connectivity index (χ4v) is 4.87. The molecular weight excluding hydrogens is 226 g/mol. The van der Waals surface area contributed by atoms with Crippen molar-refractivity contribution in [1.29, 1.82) is 0 Å². The van der Waals surface area contributed by atoms with Crippen LogP contribution in [0.15, 0.2) is 30.3 Å². The Balaban J connectivity index is 0.00000133. The monoisotopic (exact) mass is 250 g/mol. The van der Waals surface area contributed by atoms with Crippen molar-refractivity contribution in [2.75, 3.05) is 7.11 Å². The Labute approximate surface area is 129 Å². The van der Waals surface area contributed by atoms with Gasteiger partial charge >= 0.3 is 18.9 Å². The maximum absolute atomic E-state index is 6.21. The van der Waals surface area contributed by atoms with Crippen LogP contribution in [-0.4, -0.2) is 13.5 Å². The Morgan fingerprint density at radius 2 is 1.53 bits per heavy atom. The van der Waals surface area contributed by atoms with Gasteiger partial charge in [-0.3, -0.25) is 0 Å². The van der Waals surface area contributed by atoms with Crippen molar-refractivity contribution in [1.82, 2.24) is 0 Å². The molecule has 3 heteroatoms. The van der Waals surface area contributed by atoms with Crippen molar-refractivity contribution in [2.45, 2.75) is 56.5 Å². The molecule has 2 aliphatic heterocycles. The van der Waals surface area contributed by atoms with Crippen LogP contribution in [-0.2, 0) is 11.0 Å². The molecule has 98 valence electrons. The van der Waals surface area contributed by atoms with Crippen molar-refractivity contribution in [3.05, 3.63) is 35.9 Å².